The van der Waals surface area contributed by atoms with E-state index in [4.69, 9.17) is 0 Å². The van der Waals surface area contributed by atoms with Gasteiger partial charge in [-0.1, -0.05) is 6.07 Å². The van der Waals surface area contributed by atoms with Crippen LogP contribution in [0.1, 0.15) is 16.9 Å². The molecule has 1 aromatic carbocycles. The van der Waals surface area contributed by atoms with Crippen LogP contribution in [-0.4, -0.2) is 12.5 Å². The lowest BCUT2D eigenvalue weighted by Gasteiger charge is -2.07. The van der Waals surface area contributed by atoms with E-state index >= 15 is 0 Å². The summed E-state index contributed by atoms with van der Waals surface area (Å²) in [5, 5.41) is 7.69. The third-order valence-corrected chi connectivity index (χ3v) is 3.77. The minimum atomic E-state index is -0.470. The predicted molar refractivity (Wildman–Crippen MR) is 78.8 cm³/mol. The summed E-state index contributed by atoms with van der Waals surface area (Å²) >= 11 is 1.59. The van der Waals surface area contributed by atoms with Crippen LogP contribution in [0, 0.1) is 11.6 Å². The van der Waals surface area contributed by atoms with Crippen molar-refractivity contribution in [2.45, 2.75) is 19.5 Å². The van der Waals surface area contributed by atoms with E-state index < -0.39 is 11.6 Å². The second kappa shape index (κ2) is 7.85. The molecular weight excluding hydrogens is 294 g/mol. The first-order valence-electron chi connectivity index (χ1n) is 6.59. The van der Waals surface area contributed by atoms with Crippen molar-refractivity contribution in [3.63, 3.8) is 0 Å². The fourth-order valence-corrected chi connectivity index (χ4v) is 2.44. The zero-order valence-electron chi connectivity index (χ0n) is 11.4. The summed E-state index contributed by atoms with van der Waals surface area (Å²) in [5.74, 6) is -0.997. The highest BCUT2D eigenvalue weighted by atomic mass is 32.1. The maximum atomic E-state index is 13.3. The Kier molecular flexibility index (Phi) is 5.83. The molecule has 21 heavy (non-hydrogen) atoms. The maximum absolute atomic E-state index is 13.3. The van der Waals surface area contributed by atoms with Crippen molar-refractivity contribution in [3.05, 3.63) is 57.8 Å². The van der Waals surface area contributed by atoms with Crippen molar-refractivity contribution in [2.75, 3.05) is 6.54 Å². The SMILES string of the molecule is O=C(CCNCc1cc(F)ccc1F)NCc1cccs1. The Labute approximate surface area is 126 Å². The predicted octanol–water partition coefficient (Wildman–Crippen LogP) is 2.82. The Morgan fingerprint density at radius 2 is 2.05 bits per heavy atom. The number of thiophene rings is 1. The molecule has 0 aliphatic rings. The number of halogens is 2. The van der Waals surface area contributed by atoms with Gasteiger partial charge in [-0.25, -0.2) is 8.78 Å². The Balaban J connectivity index is 1.65. The lowest BCUT2D eigenvalue weighted by Crippen LogP contribution is -2.27. The molecule has 0 fully saturated rings. The number of hydrogen-bond donors (Lipinski definition) is 2. The van der Waals surface area contributed by atoms with E-state index in [0.29, 0.717) is 19.5 Å². The van der Waals surface area contributed by atoms with E-state index in [2.05, 4.69) is 10.6 Å². The lowest BCUT2D eigenvalue weighted by atomic mass is 10.2. The average molecular weight is 310 g/mol. The molecule has 0 bridgehead atoms. The number of carbonyl (C=O) groups excluding carboxylic acids is 1. The summed E-state index contributed by atoms with van der Waals surface area (Å²) < 4.78 is 26.3. The van der Waals surface area contributed by atoms with Crippen molar-refractivity contribution in [1.29, 1.82) is 0 Å². The lowest BCUT2D eigenvalue weighted by molar-refractivity contribution is -0.121. The van der Waals surface area contributed by atoms with Gasteiger partial charge in [0.2, 0.25) is 5.91 Å². The van der Waals surface area contributed by atoms with Crippen molar-refractivity contribution in [3.8, 4) is 0 Å². The summed E-state index contributed by atoms with van der Waals surface area (Å²) in [5.41, 5.74) is 0.258. The van der Waals surface area contributed by atoms with Gasteiger partial charge >= 0.3 is 0 Å². The molecule has 3 nitrogen and oxygen atoms in total. The second-order valence-corrected chi connectivity index (χ2v) is 5.55. The maximum Gasteiger partial charge on any atom is 0.221 e. The molecule has 0 unspecified atom stereocenters. The molecule has 0 spiro atoms. The third kappa shape index (κ3) is 5.24. The Morgan fingerprint density at radius 3 is 2.81 bits per heavy atom. The third-order valence-electron chi connectivity index (χ3n) is 2.89. The van der Waals surface area contributed by atoms with Gasteiger partial charge in [0.15, 0.2) is 0 Å². The van der Waals surface area contributed by atoms with Crippen LogP contribution in [0.4, 0.5) is 8.78 Å². The first-order chi connectivity index (χ1) is 10.1. The normalized spacial score (nSPS) is 10.6. The minimum Gasteiger partial charge on any atom is -0.351 e. The molecule has 2 N–H and O–H groups in total. The fraction of sp³-hybridized carbons (Fsp3) is 0.267. The highest BCUT2D eigenvalue weighted by Gasteiger charge is 2.05. The van der Waals surface area contributed by atoms with Crippen molar-refractivity contribution >= 4 is 17.2 Å². The summed E-state index contributed by atoms with van der Waals surface area (Å²) in [6.45, 7) is 1.13. The van der Waals surface area contributed by atoms with Crippen LogP contribution in [0.3, 0.4) is 0 Å². The second-order valence-electron chi connectivity index (χ2n) is 4.52. The van der Waals surface area contributed by atoms with Gasteiger partial charge in [0.25, 0.3) is 0 Å². The first kappa shape index (κ1) is 15.6. The van der Waals surface area contributed by atoms with Crippen molar-refractivity contribution in [1.82, 2.24) is 10.6 Å². The molecule has 2 rings (SSSR count). The number of amides is 1. The molecule has 0 radical (unpaired) electrons. The molecule has 1 amide bonds. The van der Waals surface area contributed by atoms with Gasteiger partial charge in [0.1, 0.15) is 11.6 Å². The van der Waals surface area contributed by atoms with Gasteiger partial charge in [-0.2, -0.15) is 0 Å². The quantitative estimate of drug-likeness (QED) is 0.772. The molecule has 2 aromatic rings. The minimum absolute atomic E-state index is 0.0735. The number of nitrogens with one attached hydrogen (secondary N) is 2. The van der Waals surface area contributed by atoms with Crippen LogP contribution < -0.4 is 10.6 Å². The van der Waals surface area contributed by atoms with Gasteiger partial charge in [0.05, 0.1) is 6.54 Å². The first-order valence-corrected chi connectivity index (χ1v) is 7.47. The summed E-state index contributed by atoms with van der Waals surface area (Å²) in [7, 11) is 0. The average Bonchev–Trinajstić information content (AvgIpc) is 2.98. The molecule has 0 saturated heterocycles. The zero-order chi connectivity index (χ0) is 15.1. The molecule has 112 valence electrons. The zero-order valence-corrected chi connectivity index (χ0v) is 12.2. The van der Waals surface area contributed by atoms with Crippen LogP contribution in [0.15, 0.2) is 35.7 Å². The Hall–Kier alpha value is -1.79. The number of hydrogen-bond acceptors (Lipinski definition) is 3. The molecule has 1 heterocycles. The summed E-state index contributed by atoms with van der Waals surface area (Å²) in [4.78, 5) is 12.7. The monoisotopic (exact) mass is 310 g/mol. The van der Waals surface area contributed by atoms with Crippen LogP contribution in [0.25, 0.3) is 0 Å². The number of benzene rings is 1. The fourth-order valence-electron chi connectivity index (χ4n) is 1.79. The van der Waals surface area contributed by atoms with Crippen LogP contribution in [0.2, 0.25) is 0 Å². The van der Waals surface area contributed by atoms with Crippen molar-refractivity contribution in [2.24, 2.45) is 0 Å². The smallest absolute Gasteiger partial charge is 0.221 e. The molecular formula is C15H16F2N2OS. The van der Waals surface area contributed by atoms with E-state index in [0.717, 1.165) is 23.1 Å². The number of rotatable bonds is 7. The largest absolute Gasteiger partial charge is 0.351 e. The summed E-state index contributed by atoms with van der Waals surface area (Å²) in [6.07, 6.45) is 0.294. The Bertz CT molecular complexity index is 587. The molecule has 0 atom stereocenters. The molecule has 0 aliphatic heterocycles. The standard InChI is InChI=1S/C15H16F2N2OS/c16-12-3-4-14(17)11(8-12)9-18-6-5-15(20)19-10-13-2-1-7-21-13/h1-4,7-8,18H,5-6,9-10H2,(H,19,20). The molecule has 0 saturated carbocycles. The Morgan fingerprint density at radius 1 is 1.19 bits per heavy atom. The van der Waals surface area contributed by atoms with Crippen LogP contribution >= 0.6 is 11.3 Å². The van der Waals surface area contributed by atoms with Crippen LogP contribution in [0.5, 0.6) is 0 Å². The van der Waals surface area contributed by atoms with Crippen LogP contribution in [-0.2, 0) is 17.9 Å². The van der Waals surface area contributed by atoms with Gasteiger partial charge in [0, 0.05) is 30.0 Å². The van der Waals surface area contributed by atoms with Gasteiger partial charge < -0.3 is 10.6 Å². The van der Waals surface area contributed by atoms with E-state index in [1.54, 1.807) is 11.3 Å². The molecule has 0 aliphatic carbocycles. The highest BCUT2D eigenvalue weighted by molar-refractivity contribution is 7.09. The van der Waals surface area contributed by atoms with Gasteiger partial charge in [-0.15, -0.1) is 11.3 Å². The van der Waals surface area contributed by atoms with E-state index in [-0.39, 0.29) is 18.0 Å². The van der Waals surface area contributed by atoms with Gasteiger partial charge in [-0.3, -0.25) is 4.79 Å². The van der Waals surface area contributed by atoms with Gasteiger partial charge in [-0.05, 0) is 29.6 Å². The number of carbonyl (C=O) groups is 1. The topological polar surface area (TPSA) is 41.1 Å². The van der Waals surface area contributed by atoms with E-state index in [1.165, 1.54) is 0 Å². The van der Waals surface area contributed by atoms with E-state index in [1.807, 2.05) is 17.5 Å². The molecule has 6 heteroatoms. The summed E-state index contributed by atoms with van der Waals surface area (Å²) in [6, 6.07) is 7.22. The van der Waals surface area contributed by atoms with E-state index in [9.17, 15) is 13.6 Å². The molecule has 1 aromatic heterocycles. The highest BCUT2D eigenvalue weighted by Crippen LogP contribution is 2.09. The van der Waals surface area contributed by atoms with Crippen molar-refractivity contribution < 1.29 is 13.6 Å².